The Kier molecular flexibility index (Phi) is 68.3. The van der Waals surface area contributed by atoms with Gasteiger partial charge < -0.3 is 5.53 Å². The van der Waals surface area contributed by atoms with Crippen LogP contribution in [0.4, 0.5) is 0 Å². The molecule has 0 saturated carbocycles. The van der Waals surface area contributed by atoms with Gasteiger partial charge in [-0.3, -0.25) is 0 Å². The number of unbranched alkanes of at least 4 members (excludes halogenated alkanes) is 63. The van der Waals surface area contributed by atoms with Gasteiger partial charge in [-0.2, -0.15) is 0 Å². The van der Waals surface area contributed by atoms with E-state index in [0.717, 1.165) is 35.4 Å². The molecule has 0 radical (unpaired) electrons. The first-order chi connectivity index (χ1) is 49.3. The molecule has 0 aromatic heterocycles. The molecule has 0 aliphatic carbocycles. The topological polar surface area (TPSA) is 25.3 Å². The molecule has 3 rings (SSSR count). The third-order valence-electron chi connectivity index (χ3n) is 22.8. The molecule has 2 nitrogen and oxygen atoms in total. The summed E-state index contributed by atoms with van der Waals surface area (Å²) in [4.78, 5) is 0. The van der Waals surface area contributed by atoms with Crippen molar-refractivity contribution in [3.05, 3.63) is 86.5 Å². The van der Waals surface area contributed by atoms with Crippen LogP contribution in [0, 0.1) is 20.8 Å². The maximum atomic E-state index is 11.4. The molecule has 0 spiro atoms. The van der Waals surface area contributed by atoms with E-state index in [-0.39, 0.29) is 0 Å². The number of nitrogens with zero attached hydrogens (tertiary/aromatic N) is 2. The molecule has 0 unspecified atom stereocenters. The Morgan fingerprint density at radius 2 is 0.430 bits per heavy atom. The number of benzene rings is 2. The molecular formula is C97H176N2Ni. The number of hydrogen-bond donors (Lipinski definition) is 0. The molecule has 0 bridgehead atoms. The second kappa shape index (κ2) is 72.6. The Bertz CT molecular complexity index is 2050. The summed E-state index contributed by atoms with van der Waals surface area (Å²) >= 11 is 2.06. The summed E-state index contributed by atoms with van der Waals surface area (Å²) in [6, 6.07) is 9.22. The van der Waals surface area contributed by atoms with Gasteiger partial charge in [0.2, 0.25) is 11.4 Å². The van der Waals surface area contributed by atoms with Crippen LogP contribution in [0.2, 0.25) is 10.8 Å². The molecule has 1 heterocycles. The Balaban J connectivity index is 0.000000744. The smallest absolute Gasteiger partial charge is 0.493 e. The minimum atomic E-state index is 0.869. The number of aryl methyl sites for hydroxylation is 4. The predicted octanol–water partition coefficient (Wildman–Crippen LogP) is 35.2. The normalized spacial score (nSPS) is 12.3. The fourth-order valence-electron chi connectivity index (χ4n) is 15.7. The first-order valence-corrected chi connectivity index (χ1v) is 47.3. The molecule has 100 heavy (non-hydrogen) atoms. The van der Waals surface area contributed by atoms with Gasteiger partial charge >= 0.3 is 166 Å². The first kappa shape index (κ1) is 94.1. The van der Waals surface area contributed by atoms with Gasteiger partial charge in [0.05, 0.1) is 0 Å². The van der Waals surface area contributed by atoms with E-state index in [2.05, 4.69) is 106 Å². The molecule has 3 heteroatoms. The standard InChI is InChI=1S/C37H54N2.2C30H61.Ni/c1-7-10-13-16-19-31-26-34(27-32(20-17-14-11-8-2)35(31)21-18-15-12-9-3)37-23-22-36(39(37)38)33-24-28(4)30(6)29(5)25-33;2*1-3-5-7-9-11-13-15-17-19-21-23-25-27-29-30-28-26-24-22-20-18-16-14-12-10-8-6-4-2;/h22-27H,7-21H2,1-6H3;2*1,3-30H2,2H3;. The van der Waals surface area contributed by atoms with Gasteiger partial charge in [0.25, 0.3) is 0 Å². The van der Waals surface area contributed by atoms with Gasteiger partial charge in [0.15, 0.2) is 0 Å². The van der Waals surface area contributed by atoms with Crippen molar-refractivity contribution in [2.75, 3.05) is 0 Å². The molecule has 2 aromatic carbocycles. The van der Waals surface area contributed by atoms with E-state index in [4.69, 9.17) is 0 Å². The van der Waals surface area contributed by atoms with Gasteiger partial charge in [-0.25, -0.2) is 4.70 Å². The molecule has 2 aromatic rings. The molecule has 0 atom stereocenters. The SMILES string of the molecule is CCCCCCCCCCCCCCCCCCCCCCCCCCCCC[CH2][Ni][CH2]CCCCCCCCCCCCCCCCCCCCCCCCCCCCC.CCCCCCc1cc(C2=CC=C(c3cc(C)c(C)c(C)c3)[N+]2=[N-])cc(CCCCCC)c1CCCCCC. The molecule has 0 saturated heterocycles. The summed E-state index contributed by atoms with van der Waals surface area (Å²) in [6.07, 6.45) is 106. The molecule has 0 amide bonds. The number of hydrogen-bond acceptors (Lipinski definition) is 0. The van der Waals surface area contributed by atoms with Gasteiger partial charge in [0, 0.05) is 23.3 Å². The summed E-state index contributed by atoms with van der Waals surface area (Å²) in [7, 11) is 0. The maximum absolute atomic E-state index is 11.4. The Morgan fingerprint density at radius 3 is 0.660 bits per heavy atom. The van der Waals surface area contributed by atoms with Crippen LogP contribution in [0.25, 0.3) is 16.9 Å². The molecule has 584 valence electrons. The summed E-state index contributed by atoms with van der Waals surface area (Å²) in [5.74, 6) is 0. The van der Waals surface area contributed by atoms with Crippen molar-refractivity contribution in [2.24, 2.45) is 0 Å². The summed E-state index contributed by atoms with van der Waals surface area (Å²) in [5.41, 5.74) is 24.0. The fourth-order valence-corrected chi connectivity index (χ4v) is 16.9. The third-order valence-corrected chi connectivity index (χ3v) is 24.2. The third kappa shape index (κ3) is 53.7. The second-order valence-corrected chi connectivity index (χ2v) is 33.9. The zero-order valence-corrected chi connectivity index (χ0v) is 70.3. The quantitative estimate of drug-likeness (QED) is 0.0358. The zero-order valence-electron chi connectivity index (χ0n) is 69.3. The van der Waals surface area contributed by atoms with E-state index in [1.165, 1.54) is 486 Å². The molecule has 0 N–H and O–H groups in total. The number of allylic oxidation sites excluding steroid dienone is 2. The van der Waals surface area contributed by atoms with E-state index in [9.17, 15) is 5.53 Å². The van der Waals surface area contributed by atoms with Crippen LogP contribution in [-0.4, -0.2) is 4.70 Å². The van der Waals surface area contributed by atoms with Crippen molar-refractivity contribution in [1.29, 1.82) is 0 Å². The van der Waals surface area contributed by atoms with Crippen molar-refractivity contribution in [2.45, 2.75) is 522 Å². The van der Waals surface area contributed by atoms with Crippen LogP contribution in [0.1, 0.15) is 516 Å². The monoisotopic (exact) mass is 1430 g/mol. The van der Waals surface area contributed by atoms with Crippen molar-refractivity contribution in [3.63, 3.8) is 0 Å². The number of rotatable bonds is 75. The van der Waals surface area contributed by atoms with Crippen molar-refractivity contribution < 1.29 is 19.1 Å². The van der Waals surface area contributed by atoms with Crippen LogP contribution in [0.15, 0.2) is 36.4 Å². The predicted molar refractivity (Wildman–Crippen MR) is 450 cm³/mol. The minimum Gasteiger partial charge on any atom is -0.493 e. The van der Waals surface area contributed by atoms with E-state index in [1.54, 1.807) is 5.56 Å². The summed E-state index contributed by atoms with van der Waals surface area (Å²) in [5, 5.41) is 2.87. The molecule has 1 aliphatic heterocycles. The van der Waals surface area contributed by atoms with Crippen molar-refractivity contribution in [3.8, 4) is 0 Å². The van der Waals surface area contributed by atoms with Gasteiger partial charge in [0.1, 0.15) is 0 Å². The van der Waals surface area contributed by atoms with Gasteiger partial charge in [-0.1, -0.05) is 311 Å². The fraction of sp³-hybridized carbons (Fsp3) is 0.835. The average molecular weight is 1430 g/mol. The van der Waals surface area contributed by atoms with E-state index in [1.807, 2.05) is 0 Å². The van der Waals surface area contributed by atoms with E-state index < -0.39 is 0 Å². The molecule has 0 fully saturated rings. The molecule has 1 aliphatic rings. The zero-order chi connectivity index (χ0) is 71.9. The Morgan fingerprint density at radius 1 is 0.240 bits per heavy atom. The van der Waals surface area contributed by atoms with Crippen LogP contribution in [0.5, 0.6) is 0 Å². The van der Waals surface area contributed by atoms with Gasteiger partial charge in [-0.15, -0.1) is 0 Å². The van der Waals surface area contributed by atoms with Crippen LogP contribution >= 0.6 is 0 Å². The summed E-state index contributed by atoms with van der Waals surface area (Å²) < 4.78 is 1.43. The summed E-state index contributed by atoms with van der Waals surface area (Å²) in [6.45, 7) is 18.0. The van der Waals surface area contributed by atoms with Crippen molar-refractivity contribution >= 4 is 11.4 Å². The van der Waals surface area contributed by atoms with Gasteiger partial charge in [-0.05, 0) is 117 Å². The minimum absolute atomic E-state index is 0.869. The first-order valence-electron chi connectivity index (χ1n) is 45.9. The van der Waals surface area contributed by atoms with Crippen LogP contribution in [-0.2, 0) is 33.7 Å². The Labute approximate surface area is 635 Å². The molecular weight excluding hydrogens is 1250 g/mol. The van der Waals surface area contributed by atoms with Crippen LogP contribution in [0.3, 0.4) is 0 Å². The Hall–Kier alpha value is -1.99. The second-order valence-electron chi connectivity index (χ2n) is 32.4. The van der Waals surface area contributed by atoms with Crippen molar-refractivity contribution in [1.82, 2.24) is 0 Å². The van der Waals surface area contributed by atoms with E-state index in [0.29, 0.717) is 0 Å². The average Bonchev–Trinajstić information content (AvgIpc) is 1.53. The van der Waals surface area contributed by atoms with E-state index >= 15 is 0 Å². The van der Waals surface area contributed by atoms with Crippen LogP contribution < -0.4 is 0 Å².